The van der Waals surface area contributed by atoms with Gasteiger partial charge in [-0.1, -0.05) is 13.3 Å². The summed E-state index contributed by atoms with van der Waals surface area (Å²) in [7, 11) is 1.92. The minimum atomic E-state index is -0.681. The Hall–Kier alpha value is -1.40. The summed E-state index contributed by atoms with van der Waals surface area (Å²) in [5, 5.41) is 20.7. The molecular formula is C20H31N3O3. The normalized spacial score (nSPS) is 37.9. The van der Waals surface area contributed by atoms with Crippen molar-refractivity contribution in [2.75, 3.05) is 13.2 Å². The molecule has 0 unspecified atom stereocenters. The number of hydrogen-bond acceptors (Lipinski definition) is 4. The van der Waals surface area contributed by atoms with Gasteiger partial charge in [0.25, 0.3) is 0 Å². The lowest BCUT2D eigenvalue weighted by Crippen LogP contribution is -2.64. The van der Waals surface area contributed by atoms with Crippen LogP contribution in [-0.4, -0.2) is 49.3 Å². The van der Waals surface area contributed by atoms with E-state index in [1.807, 2.05) is 17.8 Å². The van der Waals surface area contributed by atoms with Crippen LogP contribution in [0, 0.1) is 16.7 Å². The highest BCUT2D eigenvalue weighted by molar-refractivity contribution is 5.83. The molecular weight excluding hydrogens is 330 g/mol. The molecule has 26 heavy (non-hydrogen) atoms. The number of carbonyl (C=O) groups is 1. The van der Waals surface area contributed by atoms with Crippen LogP contribution < -0.4 is 0 Å². The molecule has 0 radical (unpaired) electrons. The molecule has 4 fully saturated rings. The molecule has 4 aliphatic rings. The zero-order chi connectivity index (χ0) is 18.6. The Bertz CT molecular complexity index is 704. The fourth-order valence-corrected chi connectivity index (χ4v) is 6.65. The second kappa shape index (κ2) is 6.06. The fraction of sp³-hybridized carbons (Fsp3) is 0.800. The predicted molar refractivity (Wildman–Crippen MR) is 97.0 cm³/mol. The zero-order valence-corrected chi connectivity index (χ0v) is 15.9. The quantitative estimate of drug-likeness (QED) is 0.811. The first kappa shape index (κ1) is 18.0. The molecule has 4 bridgehead atoms. The van der Waals surface area contributed by atoms with Gasteiger partial charge in [0.2, 0.25) is 5.91 Å². The van der Waals surface area contributed by atoms with Gasteiger partial charge in [-0.3, -0.25) is 4.79 Å². The number of amides is 1. The Balaban J connectivity index is 1.64. The van der Waals surface area contributed by atoms with Gasteiger partial charge in [0, 0.05) is 26.0 Å². The van der Waals surface area contributed by atoms with Crippen molar-refractivity contribution in [3.8, 4) is 0 Å². The number of aliphatic hydroxyl groups excluding tert-OH is 1. The van der Waals surface area contributed by atoms with E-state index in [0.29, 0.717) is 25.4 Å². The summed E-state index contributed by atoms with van der Waals surface area (Å²) in [4.78, 5) is 19.8. The van der Waals surface area contributed by atoms with Gasteiger partial charge in [-0.25, -0.2) is 4.98 Å². The molecule has 1 aromatic heterocycles. The van der Waals surface area contributed by atoms with Gasteiger partial charge in [-0.15, -0.1) is 0 Å². The Kier molecular flexibility index (Phi) is 4.19. The first-order valence-corrected chi connectivity index (χ1v) is 9.92. The molecule has 0 saturated heterocycles. The van der Waals surface area contributed by atoms with E-state index < -0.39 is 11.0 Å². The van der Waals surface area contributed by atoms with E-state index in [-0.39, 0.29) is 17.9 Å². The topological polar surface area (TPSA) is 78.6 Å². The third-order valence-corrected chi connectivity index (χ3v) is 7.27. The molecule has 0 spiro atoms. The minimum absolute atomic E-state index is 0.0567. The highest BCUT2D eigenvalue weighted by Crippen LogP contribution is 2.68. The van der Waals surface area contributed by atoms with Crippen LogP contribution in [0.25, 0.3) is 0 Å². The number of rotatable bonds is 6. The molecule has 0 aliphatic heterocycles. The summed E-state index contributed by atoms with van der Waals surface area (Å²) < 4.78 is 1.92. The average Bonchev–Trinajstić information content (AvgIpc) is 2.96. The van der Waals surface area contributed by atoms with Crippen molar-refractivity contribution in [2.45, 2.75) is 64.0 Å². The van der Waals surface area contributed by atoms with Crippen LogP contribution in [0.1, 0.15) is 57.7 Å². The molecule has 6 nitrogen and oxygen atoms in total. The lowest BCUT2D eigenvalue weighted by Gasteiger charge is -2.64. The van der Waals surface area contributed by atoms with Gasteiger partial charge in [-0.2, -0.15) is 0 Å². The summed E-state index contributed by atoms with van der Waals surface area (Å²) >= 11 is 0. The Morgan fingerprint density at radius 1 is 1.35 bits per heavy atom. The predicted octanol–water partition coefficient (Wildman–Crippen LogP) is 1.85. The molecule has 144 valence electrons. The van der Waals surface area contributed by atoms with Gasteiger partial charge >= 0.3 is 0 Å². The molecule has 1 amide bonds. The average molecular weight is 361 g/mol. The van der Waals surface area contributed by atoms with Crippen LogP contribution in [0.5, 0.6) is 0 Å². The monoisotopic (exact) mass is 361 g/mol. The van der Waals surface area contributed by atoms with Crippen molar-refractivity contribution in [2.24, 2.45) is 23.8 Å². The van der Waals surface area contributed by atoms with Gasteiger partial charge in [0.1, 0.15) is 5.82 Å². The van der Waals surface area contributed by atoms with E-state index in [2.05, 4.69) is 11.9 Å². The molecule has 1 heterocycles. The first-order chi connectivity index (χ1) is 12.3. The maximum atomic E-state index is 13.7. The van der Waals surface area contributed by atoms with Crippen LogP contribution in [0.4, 0.5) is 0 Å². The van der Waals surface area contributed by atoms with Crippen molar-refractivity contribution < 1.29 is 15.0 Å². The van der Waals surface area contributed by atoms with Crippen LogP contribution in [0.2, 0.25) is 0 Å². The second-order valence-electron chi connectivity index (χ2n) is 9.27. The number of aromatic nitrogens is 2. The lowest BCUT2D eigenvalue weighted by molar-refractivity contribution is -0.210. The maximum absolute atomic E-state index is 13.7. The summed E-state index contributed by atoms with van der Waals surface area (Å²) in [6.45, 7) is 2.87. The lowest BCUT2D eigenvalue weighted by atomic mass is 9.42. The third-order valence-electron chi connectivity index (χ3n) is 7.27. The molecule has 4 saturated carbocycles. The summed E-state index contributed by atoms with van der Waals surface area (Å²) in [6, 6.07) is 0. The van der Waals surface area contributed by atoms with Crippen LogP contribution in [0.3, 0.4) is 0 Å². The second-order valence-corrected chi connectivity index (χ2v) is 9.27. The fourth-order valence-electron chi connectivity index (χ4n) is 6.65. The summed E-state index contributed by atoms with van der Waals surface area (Å²) in [6.07, 6.45) is 9.84. The van der Waals surface area contributed by atoms with Gasteiger partial charge in [0.15, 0.2) is 0 Å². The van der Waals surface area contributed by atoms with Crippen molar-refractivity contribution >= 4 is 5.91 Å². The SMILES string of the molecule is CC[C@]12C[C@H]3C[C@@](O)(C1)C[C@@](C(=O)N(CCO)Cc1nccn1C)(C3)C2. The smallest absolute Gasteiger partial charge is 0.229 e. The number of nitrogens with zero attached hydrogens (tertiary/aromatic N) is 3. The molecule has 4 aliphatic carbocycles. The van der Waals surface area contributed by atoms with Gasteiger partial charge < -0.3 is 19.7 Å². The molecule has 1 aromatic rings. The van der Waals surface area contributed by atoms with Crippen LogP contribution in [-0.2, 0) is 18.4 Å². The number of aryl methyl sites for hydroxylation is 1. The van der Waals surface area contributed by atoms with Crippen LogP contribution in [0.15, 0.2) is 12.4 Å². The van der Waals surface area contributed by atoms with E-state index in [4.69, 9.17) is 0 Å². The highest BCUT2D eigenvalue weighted by Gasteiger charge is 2.65. The minimum Gasteiger partial charge on any atom is -0.395 e. The van der Waals surface area contributed by atoms with Gasteiger partial charge in [0.05, 0.1) is 24.2 Å². The number of imidazole rings is 1. The van der Waals surface area contributed by atoms with E-state index in [1.54, 1.807) is 11.1 Å². The molecule has 0 aromatic carbocycles. The third kappa shape index (κ3) is 2.78. The highest BCUT2D eigenvalue weighted by atomic mass is 16.3. The first-order valence-electron chi connectivity index (χ1n) is 9.92. The molecule has 5 rings (SSSR count). The Morgan fingerprint density at radius 2 is 2.15 bits per heavy atom. The van der Waals surface area contributed by atoms with Crippen molar-refractivity contribution in [1.82, 2.24) is 14.5 Å². The summed E-state index contributed by atoms with van der Waals surface area (Å²) in [5.41, 5.74) is -1.04. The Morgan fingerprint density at radius 3 is 2.77 bits per heavy atom. The van der Waals surface area contributed by atoms with Crippen molar-refractivity contribution in [3.05, 3.63) is 18.2 Å². The van der Waals surface area contributed by atoms with Crippen LogP contribution >= 0.6 is 0 Å². The van der Waals surface area contributed by atoms with E-state index in [0.717, 1.165) is 44.3 Å². The largest absolute Gasteiger partial charge is 0.395 e. The number of aliphatic hydroxyl groups is 2. The zero-order valence-electron chi connectivity index (χ0n) is 15.9. The van der Waals surface area contributed by atoms with E-state index in [1.165, 1.54) is 0 Å². The van der Waals surface area contributed by atoms with Crippen molar-refractivity contribution in [3.63, 3.8) is 0 Å². The number of carbonyl (C=O) groups excluding carboxylic acids is 1. The molecule has 2 N–H and O–H groups in total. The van der Waals surface area contributed by atoms with Crippen molar-refractivity contribution in [1.29, 1.82) is 0 Å². The molecule has 4 atom stereocenters. The molecule has 6 heteroatoms. The number of hydrogen-bond donors (Lipinski definition) is 2. The van der Waals surface area contributed by atoms with E-state index in [9.17, 15) is 15.0 Å². The maximum Gasteiger partial charge on any atom is 0.229 e. The Labute approximate surface area is 155 Å². The summed E-state index contributed by atoms with van der Waals surface area (Å²) in [5.74, 6) is 1.37. The van der Waals surface area contributed by atoms with E-state index >= 15 is 0 Å². The van der Waals surface area contributed by atoms with Gasteiger partial charge in [-0.05, 0) is 49.9 Å². The standard InChI is InChI=1S/C20H31N3O3/c1-3-18-8-15-9-19(12-18,14-20(26,10-15)13-18)17(25)23(6-7-24)11-16-21-4-5-22(16)2/h4-5,15,24,26H,3,6-14H2,1-2H3/t15-,18-,19-,20-/m1/s1.